The van der Waals surface area contributed by atoms with E-state index in [1.165, 1.54) is 12.5 Å². The molecule has 1 N–H and O–H groups in total. The summed E-state index contributed by atoms with van der Waals surface area (Å²) in [5.74, 6) is 0.0202. The van der Waals surface area contributed by atoms with Crippen LogP contribution in [-0.2, 0) is 10.0 Å². The number of carbonyl (C=O) groups is 1. The van der Waals surface area contributed by atoms with Gasteiger partial charge in [-0.15, -0.1) is 0 Å². The summed E-state index contributed by atoms with van der Waals surface area (Å²) < 4.78 is 30.5. The summed E-state index contributed by atoms with van der Waals surface area (Å²) in [6, 6.07) is 1.56. The highest BCUT2D eigenvalue weighted by Crippen LogP contribution is 2.15. The van der Waals surface area contributed by atoms with Crippen LogP contribution < -0.4 is 4.72 Å². The van der Waals surface area contributed by atoms with Crippen LogP contribution in [0.2, 0.25) is 0 Å². The molecule has 0 bridgehead atoms. The second-order valence-corrected chi connectivity index (χ2v) is 6.64. The number of rotatable bonds is 4. The SMILES string of the molecule is CCS(=O)(=O)NC1CCN(C(=O)c2ccoc2)CC1. The van der Waals surface area contributed by atoms with Crippen LogP contribution in [-0.4, -0.2) is 44.1 Å². The van der Waals surface area contributed by atoms with E-state index in [4.69, 9.17) is 4.42 Å². The van der Waals surface area contributed by atoms with Gasteiger partial charge >= 0.3 is 0 Å². The predicted octanol–water partition coefficient (Wildman–Crippen LogP) is 0.823. The standard InChI is InChI=1S/C12H18N2O4S/c1-2-19(16,17)13-11-3-6-14(7-4-11)12(15)10-5-8-18-9-10/h5,8-9,11,13H,2-4,6-7H2,1H3. The lowest BCUT2D eigenvalue weighted by atomic mass is 10.1. The minimum Gasteiger partial charge on any atom is -0.472 e. The Morgan fingerprint density at radius 3 is 2.68 bits per heavy atom. The van der Waals surface area contributed by atoms with Gasteiger partial charge in [-0.1, -0.05) is 0 Å². The number of nitrogens with zero attached hydrogens (tertiary/aromatic N) is 1. The van der Waals surface area contributed by atoms with Gasteiger partial charge in [-0.25, -0.2) is 13.1 Å². The molecular formula is C12H18N2O4S. The van der Waals surface area contributed by atoms with Gasteiger partial charge in [0.1, 0.15) is 6.26 Å². The molecule has 1 amide bonds. The van der Waals surface area contributed by atoms with Gasteiger partial charge in [0, 0.05) is 19.1 Å². The van der Waals surface area contributed by atoms with Gasteiger partial charge in [0.2, 0.25) is 10.0 Å². The second-order valence-electron chi connectivity index (χ2n) is 4.60. The van der Waals surface area contributed by atoms with E-state index in [-0.39, 0.29) is 17.7 Å². The molecule has 19 heavy (non-hydrogen) atoms. The number of sulfonamides is 1. The molecule has 1 saturated heterocycles. The zero-order chi connectivity index (χ0) is 13.9. The van der Waals surface area contributed by atoms with Crippen LogP contribution in [0.3, 0.4) is 0 Å². The molecule has 7 heteroatoms. The van der Waals surface area contributed by atoms with Crippen LogP contribution in [0.25, 0.3) is 0 Å². The maximum atomic E-state index is 12.0. The first kappa shape index (κ1) is 14.1. The number of likely N-dealkylation sites (tertiary alicyclic amines) is 1. The van der Waals surface area contributed by atoms with Crippen LogP contribution in [0.1, 0.15) is 30.1 Å². The molecule has 6 nitrogen and oxygen atoms in total. The largest absolute Gasteiger partial charge is 0.472 e. The Balaban J connectivity index is 1.88. The van der Waals surface area contributed by atoms with Crippen molar-refractivity contribution >= 4 is 15.9 Å². The summed E-state index contributed by atoms with van der Waals surface area (Å²) in [7, 11) is -3.17. The van der Waals surface area contributed by atoms with Crippen molar-refractivity contribution in [3.8, 4) is 0 Å². The highest BCUT2D eigenvalue weighted by molar-refractivity contribution is 7.89. The first-order valence-corrected chi connectivity index (χ1v) is 7.98. The Hall–Kier alpha value is -1.34. The molecule has 0 aliphatic carbocycles. The number of amides is 1. The van der Waals surface area contributed by atoms with Crippen LogP contribution in [0.4, 0.5) is 0 Å². The summed E-state index contributed by atoms with van der Waals surface area (Å²) in [5.41, 5.74) is 0.535. The zero-order valence-corrected chi connectivity index (χ0v) is 11.6. The molecule has 0 saturated carbocycles. The van der Waals surface area contributed by atoms with E-state index in [0.29, 0.717) is 31.5 Å². The molecule has 0 atom stereocenters. The van der Waals surface area contributed by atoms with Gasteiger partial charge in [0.15, 0.2) is 0 Å². The minimum atomic E-state index is -3.17. The number of furan rings is 1. The van der Waals surface area contributed by atoms with E-state index in [1.807, 2.05) is 0 Å². The molecule has 0 radical (unpaired) electrons. The van der Waals surface area contributed by atoms with E-state index < -0.39 is 10.0 Å². The Bertz CT molecular complexity index is 516. The van der Waals surface area contributed by atoms with Crippen molar-refractivity contribution in [3.05, 3.63) is 24.2 Å². The third kappa shape index (κ3) is 3.57. The van der Waals surface area contributed by atoms with Gasteiger partial charge in [0.25, 0.3) is 5.91 Å². The molecule has 1 aromatic heterocycles. The third-order valence-corrected chi connectivity index (χ3v) is 4.73. The maximum Gasteiger partial charge on any atom is 0.257 e. The highest BCUT2D eigenvalue weighted by atomic mass is 32.2. The fraction of sp³-hybridized carbons (Fsp3) is 0.583. The molecule has 1 fully saturated rings. The van der Waals surface area contributed by atoms with E-state index in [1.54, 1.807) is 17.9 Å². The highest BCUT2D eigenvalue weighted by Gasteiger charge is 2.26. The zero-order valence-electron chi connectivity index (χ0n) is 10.8. The molecule has 2 heterocycles. The van der Waals surface area contributed by atoms with Gasteiger partial charge in [-0.05, 0) is 25.8 Å². The molecular weight excluding hydrogens is 268 g/mol. The van der Waals surface area contributed by atoms with Crippen molar-refractivity contribution in [1.82, 2.24) is 9.62 Å². The van der Waals surface area contributed by atoms with Gasteiger partial charge in [-0.3, -0.25) is 4.79 Å². The summed E-state index contributed by atoms with van der Waals surface area (Å²) in [6.07, 6.45) is 4.18. The number of piperidine rings is 1. The van der Waals surface area contributed by atoms with Crippen molar-refractivity contribution < 1.29 is 17.6 Å². The average Bonchev–Trinajstić information content (AvgIpc) is 2.92. The first-order chi connectivity index (χ1) is 9.02. The van der Waals surface area contributed by atoms with Crippen LogP contribution in [0.15, 0.2) is 23.0 Å². The topological polar surface area (TPSA) is 79.6 Å². The van der Waals surface area contributed by atoms with Crippen molar-refractivity contribution in [2.24, 2.45) is 0 Å². The van der Waals surface area contributed by atoms with Crippen molar-refractivity contribution in [2.75, 3.05) is 18.8 Å². The lowest BCUT2D eigenvalue weighted by molar-refractivity contribution is 0.0710. The maximum absolute atomic E-state index is 12.0. The second kappa shape index (κ2) is 5.75. The Labute approximate surface area is 112 Å². The van der Waals surface area contributed by atoms with E-state index in [9.17, 15) is 13.2 Å². The van der Waals surface area contributed by atoms with Gasteiger partial charge in [-0.2, -0.15) is 0 Å². The van der Waals surface area contributed by atoms with Gasteiger partial charge in [0.05, 0.1) is 17.6 Å². The lowest BCUT2D eigenvalue weighted by Gasteiger charge is -2.31. The average molecular weight is 286 g/mol. The Morgan fingerprint density at radius 1 is 1.47 bits per heavy atom. The molecule has 0 unspecified atom stereocenters. The minimum absolute atomic E-state index is 0.0643. The molecule has 0 aromatic carbocycles. The van der Waals surface area contributed by atoms with Crippen molar-refractivity contribution in [1.29, 1.82) is 0 Å². The van der Waals surface area contributed by atoms with Crippen molar-refractivity contribution in [3.63, 3.8) is 0 Å². The van der Waals surface area contributed by atoms with Crippen LogP contribution in [0.5, 0.6) is 0 Å². The monoisotopic (exact) mass is 286 g/mol. The molecule has 1 aliphatic rings. The summed E-state index contributed by atoms with van der Waals surface area (Å²) in [5, 5.41) is 0. The van der Waals surface area contributed by atoms with E-state index in [2.05, 4.69) is 4.72 Å². The van der Waals surface area contributed by atoms with Crippen LogP contribution >= 0.6 is 0 Å². The Morgan fingerprint density at radius 2 is 2.16 bits per heavy atom. The predicted molar refractivity (Wildman–Crippen MR) is 70.2 cm³/mol. The lowest BCUT2D eigenvalue weighted by Crippen LogP contribution is -2.46. The van der Waals surface area contributed by atoms with Crippen LogP contribution in [0, 0.1) is 0 Å². The van der Waals surface area contributed by atoms with Crippen molar-refractivity contribution in [2.45, 2.75) is 25.8 Å². The molecule has 1 aromatic rings. The van der Waals surface area contributed by atoms with E-state index in [0.717, 1.165) is 0 Å². The number of hydrogen-bond acceptors (Lipinski definition) is 4. The summed E-state index contributed by atoms with van der Waals surface area (Å²) in [4.78, 5) is 13.8. The molecule has 1 aliphatic heterocycles. The molecule has 0 spiro atoms. The summed E-state index contributed by atoms with van der Waals surface area (Å²) >= 11 is 0. The third-order valence-electron chi connectivity index (χ3n) is 3.28. The summed E-state index contributed by atoms with van der Waals surface area (Å²) in [6.45, 7) is 2.72. The first-order valence-electron chi connectivity index (χ1n) is 6.33. The molecule has 2 rings (SSSR count). The Kier molecular flexibility index (Phi) is 4.26. The fourth-order valence-electron chi connectivity index (χ4n) is 2.11. The van der Waals surface area contributed by atoms with E-state index >= 15 is 0 Å². The smallest absolute Gasteiger partial charge is 0.257 e. The molecule has 106 valence electrons. The van der Waals surface area contributed by atoms with Gasteiger partial charge < -0.3 is 9.32 Å². The normalized spacial score (nSPS) is 17.6. The number of carbonyl (C=O) groups excluding carboxylic acids is 1. The fourth-order valence-corrected chi connectivity index (χ4v) is 3.02. The number of hydrogen-bond donors (Lipinski definition) is 1. The number of nitrogens with one attached hydrogen (secondary N) is 1. The quantitative estimate of drug-likeness (QED) is 0.889.